The number of Topliss-reactive ketones (excluding diaryl/α,β-unsaturated/α-hetero) is 1. The summed E-state index contributed by atoms with van der Waals surface area (Å²) in [6, 6.07) is 7.05. The maximum absolute atomic E-state index is 11.4. The molecule has 0 unspecified atom stereocenters. The molecule has 6 nitrogen and oxygen atoms in total. The molecule has 2 rings (SSSR count). The number of ketones is 1. The molecule has 1 aromatic carbocycles. The van der Waals surface area contributed by atoms with E-state index in [0.29, 0.717) is 41.5 Å². The first-order valence-corrected chi connectivity index (χ1v) is 6.18. The van der Waals surface area contributed by atoms with E-state index in [2.05, 4.69) is 21.5 Å². The van der Waals surface area contributed by atoms with Crippen molar-refractivity contribution in [2.24, 2.45) is 0 Å². The highest BCUT2D eigenvalue weighted by atomic mass is 16.5. The van der Waals surface area contributed by atoms with Crippen LogP contribution in [0.2, 0.25) is 0 Å². The van der Waals surface area contributed by atoms with Gasteiger partial charge in [0.15, 0.2) is 11.6 Å². The zero-order chi connectivity index (χ0) is 14.5. The molecule has 0 saturated carbocycles. The van der Waals surface area contributed by atoms with Gasteiger partial charge in [-0.15, -0.1) is 0 Å². The molecule has 2 aromatic rings. The quantitative estimate of drug-likeness (QED) is 0.836. The Morgan fingerprint density at radius 1 is 1.50 bits per heavy atom. The Morgan fingerprint density at radius 2 is 2.30 bits per heavy atom. The molecule has 0 amide bonds. The molecule has 1 N–H and O–H groups in total. The molecule has 0 fully saturated rings. The van der Waals surface area contributed by atoms with Gasteiger partial charge < -0.3 is 9.84 Å². The number of aromatic nitrogens is 2. The number of anilines is 1. The smallest absolute Gasteiger partial charge is 0.228 e. The molecule has 102 valence electrons. The van der Waals surface area contributed by atoms with Crippen LogP contribution in [0.15, 0.2) is 22.7 Å². The van der Waals surface area contributed by atoms with E-state index in [-0.39, 0.29) is 5.78 Å². The number of carbonyl (C=O) groups excluding carboxylic acids is 1. The van der Waals surface area contributed by atoms with Crippen molar-refractivity contribution in [1.82, 2.24) is 10.1 Å². The highest BCUT2D eigenvalue weighted by molar-refractivity contribution is 5.95. The summed E-state index contributed by atoms with van der Waals surface area (Å²) in [4.78, 5) is 15.4. The fraction of sp³-hybridized carbons (Fsp3) is 0.286. The number of aryl methyl sites for hydroxylation is 1. The van der Waals surface area contributed by atoms with E-state index in [1.807, 2.05) is 0 Å². The summed E-state index contributed by atoms with van der Waals surface area (Å²) in [6.45, 7) is 3.79. The molecular weight excluding hydrogens is 256 g/mol. The van der Waals surface area contributed by atoms with Crippen molar-refractivity contribution in [3.63, 3.8) is 0 Å². The summed E-state index contributed by atoms with van der Waals surface area (Å²) < 4.78 is 5.00. The van der Waals surface area contributed by atoms with Crippen LogP contribution in [0.5, 0.6) is 0 Å². The normalized spacial score (nSPS) is 10.1. The summed E-state index contributed by atoms with van der Waals surface area (Å²) in [5.41, 5.74) is 1.70. The van der Waals surface area contributed by atoms with Gasteiger partial charge >= 0.3 is 0 Å². The highest BCUT2D eigenvalue weighted by Crippen LogP contribution is 2.17. The van der Waals surface area contributed by atoms with Crippen molar-refractivity contribution in [3.05, 3.63) is 41.0 Å². The standard InChI is InChI=1S/C14H14N4O2/c1-9(19)11-3-4-12(8-15)13(7-11)16-6-5-14-17-10(2)18-20-14/h3-4,7,16H,5-6H2,1-2H3. The third kappa shape index (κ3) is 3.20. The molecule has 0 radical (unpaired) electrons. The van der Waals surface area contributed by atoms with Crippen LogP contribution in [-0.4, -0.2) is 22.5 Å². The minimum Gasteiger partial charge on any atom is -0.383 e. The number of nitrogens with zero attached hydrogens (tertiary/aromatic N) is 3. The molecule has 0 saturated heterocycles. The zero-order valence-corrected chi connectivity index (χ0v) is 11.3. The van der Waals surface area contributed by atoms with Gasteiger partial charge in [-0.05, 0) is 32.0 Å². The summed E-state index contributed by atoms with van der Waals surface area (Å²) in [7, 11) is 0. The van der Waals surface area contributed by atoms with E-state index >= 15 is 0 Å². The Morgan fingerprint density at radius 3 is 2.90 bits per heavy atom. The number of hydrogen-bond donors (Lipinski definition) is 1. The molecule has 6 heteroatoms. The summed E-state index contributed by atoms with van der Waals surface area (Å²) in [5, 5.41) is 15.9. The van der Waals surface area contributed by atoms with Gasteiger partial charge in [-0.25, -0.2) is 0 Å². The Balaban J connectivity index is 2.06. The van der Waals surface area contributed by atoms with Crippen molar-refractivity contribution < 1.29 is 9.32 Å². The fourth-order valence-corrected chi connectivity index (χ4v) is 1.75. The van der Waals surface area contributed by atoms with Gasteiger partial charge in [0.25, 0.3) is 0 Å². The molecule has 1 aromatic heterocycles. The highest BCUT2D eigenvalue weighted by Gasteiger charge is 2.07. The maximum atomic E-state index is 11.4. The lowest BCUT2D eigenvalue weighted by atomic mass is 10.1. The Kier molecular flexibility index (Phi) is 4.11. The van der Waals surface area contributed by atoms with Crippen LogP contribution in [0.4, 0.5) is 5.69 Å². The summed E-state index contributed by atoms with van der Waals surface area (Å²) in [6.07, 6.45) is 0.552. The summed E-state index contributed by atoms with van der Waals surface area (Å²) in [5.74, 6) is 1.09. The summed E-state index contributed by atoms with van der Waals surface area (Å²) >= 11 is 0. The minimum absolute atomic E-state index is 0.0370. The minimum atomic E-state index is -0.0370. The van der Waals surface area contributed by atoms with Crippen LogP contribution < -0.4 is 5.32 Å². The van der Waals surface area contributed by atoms with Gasteiger partial charge in [0.2, 0.25) is 5.89 Å². The molecule has 0 aliphatic carbocycles. The lowest BCUT2D eigenvalue weighted by Crippen LogP contribution is -2.07. The lowest BCUT2D eigenvalue weighted by molar-refractivity contribution is 0.101. The first-order valence-electron chi connectivity index (χ1n) is 6.18. The first-order chi connectivity index (χ1) is 9.60. The predicted octanol–water partition coefficient (Wildman–Crippen LogP) is 2.11. The SMILES string of the molecule is CC(=O)c1ccc(C#N)c(NCCc2nc(C)no2)c1. The fourth-order valence-electron chi connectivity index (χ4n) is 1.75. The lowest BCUT2D eigenvalue weighted by Gasteiger charge is -2.08. The molecule has 0 aliphatic rings. The second-order valence-corrected chi connectivity index (χ2v) is 4.34. The van der Waals surface area contributed by atoms with E-state index in [0.717, 1.165) is 0 Å². The number of hydrogen-bond acceptors (Lipinski definition) is 6. The van der Waals surface area contributed by atoms with E-state index in [1.54, 1.807) is 25.1 Å². The maximum Gasteiger partial charge on any atom is 0.228 e. The Hall–Kier alpha value is -2.68. The molecule has 1 heterocycles. The van der Waals surface area contributed by atoms with Gasteiger partial charge in [-0.3, -0.25) is 4.79 Å². The van der Waals surface area contributed by atoms with Gasteiger partial charge in [0.05, 0.1) is 11.3 Å². The Labute approximate surface area is 116 Å². The van der Waals surface area contributed by atoms with Gasteiger partial charge in [0.1, 0.15) is 6.07 Å². The third-order valence-corrected chi connectivity index (χ3v) is 2.77. The molecular formula is C14H14N4O2. The largest absolute Gasteiger partial charge is 0.383 e. The number of carbonyl (C=O) groups is 1. The second kappa shape index (κ2) is 5.97. The van der Waals surface area contributed by atoms with Gasteiger partial charge in [0, 0.05) is 18.5 Å². The Bertz CT molecular complexity index is 670. The molecule has 20 heavy (non-hydrogen) atoms. The van der Waals surface area contributed by atoms with Crippen molar-refractivity contribution >= 4 is 11.5 Å². The average Bonchev–Trinajstić information content (AvgIpc) is 2.84. The number of nitriles is 1. The van der Waals surface area contributed by atoms with E-state index in [1.165, 1.54) is 6.92 Å². The molecule has 0 spiro atoms. The van der Waals surface area contributed by atoms with Crippen molar-refractivity contribution in [2.45, 2.75) is 20.3 Å². The second-order valence-electron chi connectivity index (χ2n) is 4.34. The molecule has 0 aliphatic heterocycles. The van der Waals surface area contributed by atoms with Crippen LogP contribution in [0.3, 0.4) is 0 Å². The zero-order valence-electron chi connectivity index (χ0n) is 11.3. The predicted molar refractivity (Wildman–Crippen MR) is 72.4 cm³/mol. The average molecular weight is 270 g/mol. The van der Waals surface area contributed by atoms with Gasteiger partial charge in [-0.2, -0.15) is 10.2 Å². The van der Waals surface area contributed by atoms with E-state index in [4.69, 9.17) is 9.78 Å². The van der Waals surface area contributed by atoms with Crippen LogP contribution in [0.1, 0.15) is 34.6 Å². The van der Waals surface area contributed by atoms with Crippen LogP contribution >= 0.6 is 0 Å². The third-order valence-electron chi connectivity index (χ3n) is 2.77. The van der Waals surface area contributed by atoms with Crippen molar-refractivity contribution in [2.75, 3.05) is 11.9 Å². The van der Waals surface area contributed by atoms with Crippen LogP contribution in [0, 0.1) is 18.3 Å². The number of benzene rings is 1. The first kappa shape index (κ1) is 13.7. The van der Waals surface area contributed by atoms with Gasteiger partial charge in [-0.1, -0.05) is 5.16 Å². The molecule has 0 atom stereocenters. The van der Waals surface area contributed by atoms with Crippen molar-refractivity contribution in [3.8, 4) is 6.07 Å². The topological polar surface area (TPSA) is 91.8 Å². The van der Waals surface area contributed by atoms with E-state index < -0.39 is 0 Å². The number of nitrogens with one attached hydrogen (secondary N) is 1. The monoisotopic (exact) mass is 270 g/mol. The molecule has 0 bridgehead atoms. The van der Waals surface area contributed by atoms with Crippen LogP contribution in [-0.2, 0) is 6.42 Å². The number of rotatable bonds is 5. The van der Waals surface area contributed by atoms with E-state index in [9.17, 15) is 4.79 Å². The van der Waals surface area contributed by atoms with Crippen LogP contribution in [0.25, 0.3) is 0 Å². The van der Waals surface area contributed by atoms with Crippen molar-refractivity contribution in [1.29, 1.82) is 5.26 Å².